The number of methoxy groups -OCH3 is 1. The lowest BCUT2D eigenvalue weighted by Gasteiger charge is -2.39. The van der Waals surface area contributed by atoms with Crippen LogP contribution in [-0.4, -0.2) is 69.9 Å². The van der Waals surface area contributed by atoms with Crippen molar-refractivity contribution in [2.45, 2.75) is 17.7 Å². The molecule has 2 saturated heterocycles. The summed E-state index contributed by atoms with van der Waals surface area (Å²) in [7, 11) is -2.70. The van der Waals surface area contributed by atoms with E-state index in [0.717, 1.165) is 12.1 Å². The Morgan fingerprint density at radius 1 is 1.03 bits per heavy atom. The van der Waals surface area contributed by atoms with Gasteiger partial charge in [-0.15, -0.1) is 0 Å². The van der Waals surface area contributed by atoms with Gasteiger partial charge in [0.25, 0.3) is 0 Å². The smallest absolute Gasteiger partial charge is 0.246 e. The molecule has 2 heterocycles. The Balaban J connectivity index is 1.43. The maximum atomic E-state index is 14.1. The average molecular weight is 480 g/mol. The zero-order valence-electron chi connectivity index (χ0n) is 18.4. The van der Waals surface area contributed by atoms with Crippen molar-refractivity contribution in [1.82, 2.24) is 9.21 Å². The second-order valence-corrected chi connectivity index (χ2v) is 10.2. The Hall–Kier alpha value is -2.72. The molecule has 0 spiro atoms. The molecule has 4 rings (SSSR count). The molecule has 0 saturated carbocycles. The molecule has 178 valence electrons. The molecule has 0 bridgehead atoms. The van der Waals surface area contributed by atoms with Crippen LogP contribution < -0.4 is 9.64 Å². The molecule has 0 unspecified atom stereocenters. The number of carbonyl (C=O) groups excluding carboxylic acids is 1. The number of carbonyl (C=O) groups is 1. The molecule has 7 nitrogen and oxygen atoms in total. The van der Waals surface area contributed by atoms with Crippen LogP contribution in [0.2, 0.25) is 0 Å². The number of piperazine rings is 1. The molecule has 2 aromatic carbocycles. The lowest BCUT2D eigenvalue weighted by molar-refractivity contribution is -0.137. The van der Waals surface area contributed by atoms with Crippen LogP contribution in [0.3, 0.4) is 0 Å². The van der Waals surface area contributed by atoms with E-state index in [-0.39, 0.29) is 35.5 Å². The number of sulfonamides is 1. The summed E-state index contributed by atoms with van der Waals surface area (Å²) in [5.41, 5.74) is 0.517. The number of ether oxygens (including phenoxy) is 1. The Morgan fingerprint density at radius 2 is 1.76 bits per heavy atom. The Kier molecular flexibility index (Phi) is 6.85. The second kappa shape index (κ2) is 9.64. The summed E-state index contributed by atoms with van der Waals surface area (Å²) in [6.07, 6.45) is 1.11. The largest absolute Gasteiger partial charge is 0.495 e. The van der Waals surface area contributed by atoms with Gasteiger partial charge in [0.15, 0.2) is 0 Å². The fourth-order valence-corrected chi connectivity index (χ4v) is 6.18. The molecule has 2 aromatic rings. The molecule has 10 heteroatoms. The molecule has 2 fully saturated rings. The Labute approximate surface area is 192 Å². The van der Waals surface area contributed by atoms with Crippen molar-refractivity contribution >= 4 is 21.6 Å². The lowest BCUT2D eigenvalue weighted by Crippen LogP contribution is -2.53. The minimum absolute atomic E-state index is 0.0361. The van der Waals surface area contributed by atoms with Gasteiger partial charge in [0, 0.05) is 39.3 Å². The third-order valence-electron chi connectivity index (χ3n) is 6.26. The normalized spacial score (nSPS) is 20.0. The monoisotopic (exact) mass is 479 g/mol. The van der Waals surface area contributed by atoms with Gasteiger partial charge in [-0.2, -0.15) is 4.31 Å². The molecule has 0 N–H and O–H groups in total. The second-order valence-electron chi connectivity index (χ2n) is 8.26. The quantitative estimate of drug-likeness (QED) is 0.660. The van der Waals surface area contributed by atoms with Gasteiger partial charge in [-0.25, -0.2) is 17.2 Å². The molecule has 33 heavy (non-hydrogen) atoms. The number of hydrogen-bond acceptors (Lipinski definition) is 5. The highest BCUT2D eigenvalue weighted by Gasteiger charge is 2.37. The number of anilines is 1. The standard InChI is InChI=1S/C23H27F2N3O4S/c1-32-21-9-8-18(24)15-22(21)33(30,31)28-10-4-5-17(16-28)23(29)27-13-11-26(12-14-27)20-7-3-2-6-19(20)25/h2-3,6-9,15,17H,4-5,10-14,16H2,1H3/t17-/m0/s1. The van der Waals surface area contributed by atoms with E-state index in [9.17, 15) is 22.0 Å². The highest BCUT2D eigenvalue weighted by atomic mass is 32.2. The highest BCUT2D eigenvalue weighted by molar-refractivity contribution is 7.89. The van der Waals surface area contributed by atoms with E-state index in [0.29, 0.717) is 44.7 Å². The van der Waals surface area contributed by atoms with E-state index in [1.807, 2.05) is 4.90 Å². The van der Waals surface area contributed by atoms with Crippen LogP contribution in [-0.2, 0) is 14.8 Å². The minimum atomic E-state index is -4.03. The molecule has 2 aliphatic heterocycles. The predicted octanol–water partition coefficient (Wildman–Crippen LogP) is 2.72. The first kappa shape index (κ1) is 23.4. The van der Waals surface area contributed by atoms with E-state index in [1.165, 1.54) is 23.5 Å². The van der Waals surface area contributed by atoms with Crippen molar-refractivity contribution in [2.75, 3.05) is 51.3 Å². The molecule has 0 aliphatic carbocycles. The van der Waals surface area contributed by atoms with Crippen LogP contribution in [0.5, 0.6) is 5.75 Å². The molecular formula is C23H27F2N3O4S. The number of halogens is 2. The summed E-state index contributed by atoms with van der Waals surface area (Å²) < 4.78 is 60.6. The third-order valence-corrected chi connectivity index (χ3v) is 8.15. The highest BCUT2D eigenvalue weighted by Crippen LogP contribution is 2.31. The average Bonchev–Trinajstić information content (AvgIpc) is 2.84. The van der Waals surface area contributed by atoms with Crippen molar-refractivity contribution < 1.29 is 26.7 Å². The van der Waals surface area contributed by atoms with Gasteiger partial charge in [-0.05, 0) is 43.2 Å². The van der Waals surface area contributed by atoms with Gasteiger partial charge in [0.1, 0.15) is 22.3 Å². The van der Waals surface area contributed by atoms with Gasteiger partial charge in [0.2, 0.25) is 15.9 Å². The fourth-order valence-electron chi connectivity index (χ4n) is 4.49. The molecule has 0 aromatic heterocycles. The van der Waals surface area contributed by atoms with Crippen LogP contribution in [0.15, 0.2) is 47.4 Å². The van der Waals surface area contributed by atoms with Crippen molar-refractivity contribution in [2.24, 2.45) is 5.92 Å². The van der Waals surface area contributed by atoms with Crippen LogP contribution in [0.1, 0.15) is 12.8 Å². The SMILES string of the molecule is COc1ccc(F)cc1S(=O)(=O)N1CCC[C@H](C(=O)N2CCN(c3ccccc3F)CC2)C1. The first-order valence-electron chi connectivity index (χ1n) is 10.9. The van der Waals surface area contributed by atoms with Gasteiger partial charge in [0.05, 0.1) is 18.7 Å². The van der Waals surface area contributed by atoms with Crippen molar-refractivity contribution in [3.63, 3.8) is 0 Å². The predicted molar refractivity (Wildman–Crippen MR) is 120 cm³/mol. The summed E-state index contributed by atoms with van der Waals surface area (Å²) in [5.74, 6) is -1.48. The number of amides is 1. The number of benzene rings is 2. The first-order valence-corrected chi connectivity index (χ1v) is 12.4. The summed E-state index contributed by atoms with van der Waals surface area (Å²) in [6, 6.07) is 9.92. The molecular weight excluding hydrogens is 452 g/mol. The zero-order valence-corrected chi connectivity index (χ0v) is 19.2. The Morgan fingerprint density at radius 3 is 2.45 bits per heavy atom. The third kappa shape index (κ3) is 4.81. The fraction of sp³-hybridized carbons (Fsp3) is 0.435. The number of rotatable bonds is 5. The number of nitrogens with zero attached hydrogens (tertiary/aromatic N) is 3. The number of para-hydroxylation sites is 1. The van der Waals surface area contributed by atoms with Crippen molar-refractivity contribution in [3.8, 4) is 5.75 Å². The summed E-state index contributed by atoms with van der Waals surface area (Å²) in [6.45, 7) is 2.17. The van der Waals surface area contributed by atoms with Gasteiger partial charge in [-0.3, -0.25) is 4.79 Å². The van der Waals surface area contributed by atoms with E-state index in [4.69, 9.17) is 4.74 Å². The maximum absolute atomic E-state index is 14.1. The van der Waals surface area contributed by atoms with Gasteiger partial charge < -0.3 is 14.5 Å². The van der Waals surface area contributed by atoms with Gasteiger partial charge >= 0.3 is 0 Å². The first-order chi connectivity index (χ1) is 15.8. The summed E-state index contributed by atoms with van der Waals surface area (Å²) in [5, 5.41) is 0. The topological polar surface area (TPSA) is 70.2 Å². The van der Waals surface area contributed by atoms with Crippen molar-refractivity contribution in [3.05, 3.63) is 54.1 Å². The number of piperidine rings is 1. The van der Waals surface area contributed by atoms with E-state index in [2.05, 4.69) is 0 Å². The van der Waals surface area contributed by atoms with E-state index in [1.54, 1.807) is 23.1 Å². The molecule has 1 amide bonds. The zero-order chi connectivity index (χ0) is 23.6. The van der Waals surface area contributed by atoms with Crippen LogP contribution >= 0.6 is 0 Å². The molecule has 1 atom stereocenters. The number of hydrogen-bond donors (Lipinski definition) is 0. The van der Waals surface area contributed by atoms with E-state index >= 15 is 0 Å². The van der Waals surface area contributed by atoms with Crippen molar-refractivity contribution in [1.29, 1.82) is 0 Å². The minimum Gasteiger partial charge on any atom is -0.495 e. The summed E-state index contributed by atoms with van der Waals surface area (Å²) in [4.78, 5) is 16.6. The van der Waals surface area contributed by atoms with Crippen LogP contribution in [0.4, 0.5) is 14.5 Å². The maximum Gasteiger partial charge on any atom is 0.246 e. The van der Waals surface area contributed by atoms with Crippen LogP contribution in [0.25, 0.3) is 0 Å². The Bertz CT molecular complexity index is 1120. The summed E-state index contributed by atoms with van der Waals surface area (Å²) >= 11 is 0. The van der Waals surface area contributed by atoms with E-state index < -0.39 is 21.8 Å². The lowest BCUT2D eigenvalue weighted by atomic mass is 9.97. The van der Waals surface area contributed by atoms with Crippen LogP contribution in [0, 0.1) is 17.6 Å². The van der Waals surface area contributed by atoms with Gasteiger partial charge in [-0.1, -0.05) is 12.1 Å². The molecule has 2 aliphatic rings. The molecule has 0 radical (unpaired) electrons.